The van der Waals surface area contributed by atoms with E-state index in [1.165, 1.54) is 24.3 Å². The van der Waals surface area contributed by atoms with E-state index in [0.29, 0.717) is 17.1 Å². The molecule has 0 radical (unpaired) electrons. The van der Waals surface area contributed by atoms with Gasteiger partial charge in [0.1, 0.15) is 6.33 Å². The van der Waals surface area contributed by atoms with Crippen LogP contribution in [0.1, 0.15) is 18.5 Å². The maximum absolute atomic E-state index is 11.3. The Labute approximate surface area is 96.1 Å². The average molecular weight is 245 g/mol. The molecule has 1 aliphatic heterocycles. The number of hydrogen-bond acceptors (Lipinski definition) is 4. The van der Waals surface area contributed by atoms with E-state index in [4.69, 9.17) is 11.6 Å². The zero-order valence-corrected chi connectivity index (χ0v) is 9.38. The van der Waals surface area contributed by atoms with E-state index in [-0.39, 0.29) is 0 Å². The Morgan fingerprint density at radius 2 is 2.47 bits per heavy atom. The Hall–Kier alpha value is -0.810. The molecular weight excluding hydrogens is 236 g/mol. The Balaban J connectivity index is 2.50. The fourth-order valence-corrected chi connectivity index (χ4v) is 3.38. The van der Waals surface area contributed by atoms with E-state index in [1.54, 1.807) is 0 Å². The third kappa shape index (κ3) is 1.70. The molecule has 1 saturated heterocycles. The van der Waals surface area contributed by atoms with Crippen molar-refractivity contribution in [3.8, 4) is 0 Å². The fraction of sp³-hybridized carbons (Fsp3) is 0.444. The summed E-state index contributed by atoms with van der Waals surface area (Å²) in [5.41, 5.74) is 0.425. The number of thioether (sulfide) groups is 1. The smallest absolute Gasteiger partial charge is 0.326 e. The minimum Gasteiger partial charge on any atom is -0.480 e. The zero-order chi connectivity index (χ0) is 10.9. The molecule has 80 valence electrons. The van der Waals surface area contributed by atoms with Crippen LogP contribution in [0.3, 0.4) is 0 Å². The van der Waals surface area contributed by atoms with Crippen LogP contribution < -0.4 is 0 Å². The van der Waals surface area contributed by atoms with Crippen LogP contribution in [0.25, 0.3) is 0 Å². The highest BCUT2D eigenvalue weighted by Gasteiger charge is 2.46. The third-order valence-corrected chi connectivity index (χ3v) is 4.25. The van der Waals surface area contributed by atoms with Crippen LogP contribution in [0, 0.1) is 0 Å². The minimum absolute atomic E-state index is 0.328. The number of aromatic nitrogens is 2. The van der Waals surface area contributed by atoms with E-state index in [9.17, 15) is 9.90 Å². The number of nitrogens with zero attached hydrogens (tertiary/aromatic N) is 2. The van der Waals surface area contributed by atoms with E-state index in [0.717, 1.165) is 12.2 Å². The molecule has 0 spiro atoms. The molecule has 0 aromatic carbocycles. The normalized spacial score (nSPS) is 25.4. The molecule has 1 N–H and O–H groups in total. The van der Waals surface area contributed by atoms with Gasteiger partial charge in [-0.1, -0.05) is 11.6 Å². The number of carboxylic acid groups (broad SMARTS) is 1. The molecule has 1 fully saturated rings. The Morgan fingerprint density at radius 3 is 3.00 bits per heavy atom. The first kappa shape index (κ1) is 10.7. The summed E-state index contributed by atoms with van der Waals surface area (Å²) in [4.78, 5) is 19.1. The summed E-state index contributed by atoms with van der Waals surface area (Å²) < 4.78 is -0.972. The van der Waals surface area contributed by atoms with Gasteiger partial charge < -0.3 is 5.11 Å². The Kier molecular flexibility index (Phi) is 2.84. The highest BCUT2D eigenvalue weighted by molar-refractivity contribution is 8.01. The summed E-state index contributed by atoms with van der Waals surface area (Å²) >= 11 is 7.33. The molecule has 1 unspecified atom stereocenters. The highest BCUT2D eigenvalue weighted by Crippen LogP contribution is 2.47. The minimum atomic E-state index is -0.972. The summed E-state index contributed by atoms with van der Waals surface area (Å²) in [5, 5.41) is 9.63. The van der Waals surface area contributed by atoms with Crippen LogP contribution >= 0.6 is 23.4 Å². The van der Waals surface area contributed by atoms with E-state index >= 15 is 0 Å². The van der Waals surface area contributed by atoms with Gasteiger partial charge in [0.15, 0.2) is 4.75 Å². The molecule has 0 bridgehead atoms. The summed E-state index contributed by atoms with van der Waals surface area (Å²) in [7, 11) is 0. The van der Waals surface area contributed by atoms with Gasteiger partial charge in [-0.05, 0) is 18.6 Å². The van der Waals surface area contributed by atoms with Crippen molar-refractivity contribution >= 4 is 29.3 Å². The number of carbonyl (C=O) groups is 1. The van der Waals surface area contributed by atoms with Crippen LogP contribution in [-0.4, -0.2) is 26.8 Å². The van der Waals surface area contributed by atoms with Crippen LogP contribution in [0.5, 0.6) is 0 Å². The second-order valence-corrected chi connectivity index (χ2v) is 5.10. The monoisotopic (exact) mass is 244 g/mol. The van der Waals surface area contributed by atoms with Gasteiger partial charge >= 0.3 is 5.97 Å². The predicted octanol–water partition coefficient (Wildman–Crippen LogP) is 1.94. The van der Waals surface area contributed by atoms with Gasteiger partial charge in [-0.3, -0.25) is 4.79 Å². The van der Waals surface area contributed by atoms with Gasteiger partial charge in [0.05, 0.1) is 10.7 Å². The van der Waals surface area contributed by atoms with Crippen LogP contribution in [0.15, 0.2) is 12.5 Å². The van der Waals surface area contributed by atoms with Crippen molar-refractivity contribution in [1.29, 1.82) is 0 Å². The average Bonchev–Trinajstić information content (AvgIpc) is 2.68. The summed E-state index contributed by atoms with van der Waals surface area (Å²) in [6.45, 7) is 0. The number of halogens is 1. The molecule has 4 nitrogen and oxygen atoms in total. The predicted molar refractivity (Wildman–Crippen MR) is 58.0 cm³/mol. The number of rotatable bonds is 2. The van der Waals surface area contributed by atoms with Gasteiger partial charge in [-0.15, -0.1) is 11.8 Å². The van der Waals surface area contributed by atoms with Gasteiger partial charge in [0, 0.05) is 6.20 Å². The Morgan fingerprint density at radius 1 is 1.67 bits per heavy atom. The van der Waals surface area contributed by atoms with E-state index in [2.05, 4.69) is 9.97 Å². The van der Waals surface area contributed by atoms with Gasteiger partial charge in [-0.2, -0.15) is 0 Å². The highest BCUT2D eigenvalue weighted by atomic mass is 35.5. The lowest BCUT2D eigenvalue weighted by atomic mass is 9.99. The maximum Gasteiger partial charge on any atom is 0.326 e. The number of carboxylic acids is 1. The summed E-state index contributed by atoms with van der Waals surface area (Å²) in [6, 6.07) is 0. The molecule has 2 rings (SSSR count). The van der Waals surface area contributed by atoms with Gasteiger partial charge in [-0.25, -0.2) is 9.97 Å². The van der Waals surface area contributed by atoms with Crippen molar-refractivity contribution in [2.45, 2.75) is 17.6 Å². The lowest BCUT2D eigenvalue weighted by molar-refractivity contribution is -0.140. The van der Waals surface area contributed by atoms with Crippen molar-refractivity contribution in [3.63, 3.8) is 0 Å². The second kappa shape index (κ2) is 3.98. The molecule has 0 amide bonds. The van der Waals surface area contributed by atoms with Crippen molar-refractivity contribution in [3.05, 3.63) is 23.2 Å². The first-order valence-electron chi connectivity index (χ1n) is 4.50. The quantitative estimate of drug-likeness (QED) is 0.861. The second-order valence-electron chi connectivity index (χ2n) is 3.30. The van der Waals surface area contributed by atoms with Crippen LogP contribution in [0.2, 0.25) is 5.02 Å². The summed E-state index contributed by atoms with van der Waals surface area (Å²) in [5.74, 6) is -0.0438. The largest absolute Gasteiger partial charge is 0.480 e. The molecule has 1 aromatic heterocycles. The Bertz CT molecular complexity index is 393. The van der Waals surface area contributed by atoms with Gasteiger partial charge in [0.2, 0.25) is 0 Å². The van der Waals surface area contributed by atoms with Gasteiger partial charge in [0.25, 0.3) is 0 Å². The standard InChI is InChI=1S/C9H9ClN2O2S/c10-6-4-11-5-12-7(6)9(8(13)14)2-1-3-15-9/h4-5H,1-3H2,(H,13,14). The molecule has 15 heavy (non-hydrogen) atoms. The molecule has 2 heterocycles. The molecule has 1 aliphatic rings. The van der Waals surface area contributed by atoms with E-state index in [1.807, 2.05) is 0 Å². The number of aliphatic carboxylic acids is 1. The lowest BCUT2D eigenvalue weighted by Gasteiger charge is -2.22. The zero-order valence-electron chi connectivity index (χ0n) is 7.81. The van der Waals surface area contributed by atoms with Crippen molar-refractivity contribution < 1.29 is 9.90 Å². The maximum atomic E-state index is 11.3. The molecule has 0 aliphatic carbocycles. The van der Waals surface area contributed by atoms with Crippen molar-refractivity contribution in [2.24, 2.45) is 0 Å². The SMILES string of the molecule is O=C(O)C1(c2ncncc2Cl)CCCS1. The first-order valence-corrected chi connectivity index (χ1v) is 5.86. The van der Waals surface area contributed by atoms with E-state index < -0.39 is 10.7 Å². The molecule has 0 saturated carbocycles. The topological polar surface area (TPSA) is 63.1 Å². The first-order chi connectivity index (χ1) is 7.17. The molecule has 6 heteroatoms. The van der Waals surface area contributed by atoms with Crippen LogP contribution in [0.4, 0.5) is 0 Å². The molecular formula is C9H9ClN2O2S. The van der Waals surface area contributed by atoms with Crippen molar-refractivity contribution in [2.75, 3.05) is 5.75 Å². The lowest BCUT2D eigenvalue weighted by Crippen LogP contribution is -2.31. The molecule has 1 atom stereocenters. The number of hydrogen-bond donors (Lipinski definition) is 1. The third-order valence-electron chi connectivity index (χ3n) is 2.42. The molecule has 1 aromatic rings. The van der Waals surface area contributed by atoms with Crippen LogP contribution in [-0.2, 0) is 9.54 Å². The van der Waals surface area contributed by atoms with Crippen molar-refractivity contribution in [1.82, 2.24) is 9.97 Å². The fourth-order valence-electron chi connectivity index (χ4n) is 1.71. The summed E-state index contributed by atoms with van der Waals surface area (Å²) in [6.07, 6.45) is 4.22.